The first-order valence-corrected chi connectivity index (χ1v) is 10.4. The van der Waals surface area contributed by atoms with Crippen LogP contribution in [0.4, 0.5) is 0 Å². The second-order valence-corrected chi connectivity index (χ2v) is 7.97. The predicted molar refractivity (Wildman–Crippen MR) is 114 cm³/mol. The summed E-state index contributed by atoms with van der Waals surface area (Å²) in [5.41, 5.74) is 2.22. The number of phenolic OH excluding ortho intramolecular Hbond substituents is 2. The molecule has 0 radical (unpaired) electrons. The van der Waals surface area contributed by atoms with Crippen LogP contribution in [0.2, 0.25) is 5.02 Å². The molecule has 1 unspecified atom stereocenters. The molecule has 0 spiro atoms. The Labute approximate surface area is 184 Å². The third kappa shape index (κ3) is 4.65. The maximum absolute atomic E-state index is 13.1. The van der Waals surface area contributed by atoms with Crippen molar-refractivity contribution in [1.82, 2.24) is 20.4 Å². The second-order valence-electron chi connectivity index (χ2n) is 7.56. The van der Waals surface area contributed by atoms with E-state index >= 15 is 0 Å². The highest BCUT2D eigenvalue weighted by Crippen LogP contribution is 2.37. The number of aryl methyl sites for hydroxylation is 1. The molecule has 3 aromatic rings. The van der Waals surface area contributed by atoms with Crippen molar-refractivity contribution in [2.75, 3.05) is 6.54 Å². The molecule has 1 atom stereocenters. The van der Waals surface area contributed by atoms with E-state index in [1.807, 2.05) is 24.3 Å². The zero-order valence-corrected chi connectivity index (χ0v) is 17.8. The first kappa shape index (κ1) is 21.1. The van der Waals surface area contributed by atoms with E-state index in [4.69, 9.17) is 16.1 Å². The van der Waals surface area contributed by atoms with Crippen LogP contribution in [0.25, 0.3) is 0 Å². The van der Waals surface area contributed by atoms with Crippen molar-refractivity contribution in [1.29, 1.82) is 0 Å². The summed E-state index contributed by atoms with van der Waals surface area (Å²) in [5, 5.41) is 26.8. The van der Waals surface area contributed by atoms with E-state index in [0.29, 0.717) is 31.3 Å². The Morgan fingerprint density at radius 3 is 2.71 bits per heavy atom. The zero-order valence-electron chi connectivity index (χ0n) is 17.0. The van der Waals surface area contributed by atoms with Gasteiger partial charge >= 0.3 is 0 Å². The van der Waals surface area contributed by atoms with E-state index in [0.717, 1.165) is 30.0 Å². The summed E-state index contributed by atoms with van der Waals surface area (Å²) in [6, 6.07) is 10.4. The number of halogens is 1. The van der Waals surface area contributed by atoms with Crippen LogP contribution < -0.4 is 5.32 Å². The molecule has 0 bridgehead atoms. The van der Waals surface area contributed by atoms with Crippen LogP contribution in [0.1, 0.15) is 52.1 Å². The van der Waals surface area contributed by atoms with E-state index in [1.54, 1.807) is 11.8 Å². The molecule has 9 heteroatoms. The number of nitrogens with zero attached hydrogens (tertiary/aromatic N) is 3. The molecule has 1 aliphatic rings. The van der Waals surface area contributed by atoms with Crippen molar-refractivity contribution < 1.29 is 19.5 Å². The average Bonchev–Trinajstić information content (AvgIpc) is 3.40. The lowest BCUT2D eigenvalue weighted by molar-refractivity contribution is 0.0732. The Kier molecular flexibility index (Phi) is 6.11. The molecule has 1 fully saturated rings. The average molecular weight is 443 g/mol. The van der Waals surface area contributed by atoms with E-state index < -0.39 is 0 Å². The van der Waals surface area contributed by atoms with Gasteiger partial charge < -0.3 is 25.0 Å². The number of nitrogens with one attached hydrogen (secondary N) is 1. The summed E-state index contributed by atoms with van der Waals surface area (Å²) in [4.78, 5) is 19.0. The van der Waals surface area contributed by atoms with Gasteiger partial charge in [-0.1, -0.05) is 41.0 Å². The quantitative estimate of drug-likeness (QED) is 0.533. The van der Waals surface area contributed by atoms with E-state index in [-0.39, 0.29) is 34.0 Å². The molecule has 3 N–H and O–H groups in total. The lowest BCUT2D eigenvalue weighted by Crippen LogP contribution is -2.30. The van der Waals surface area contributed by atoms with Crippen LogP contribution in [-0.2, 0) is 13.1 Å². The minimum atomic E-state index is -0.303. The van der Waals surface area contributed by atoms with E-state index in [2.05, 4.69) is 15.5 Å². The maximum Gasteiger partial charge on any atom is 0.258 e. The Bertz CT molecular complexity index is 1080. The first-order valence-electron chi connectivity index (χ1n) is 10.0. The van der Waals surface area contributed by atoms with E-state index in [1.165, 1.54) is 6.07 Å². The Hall–Kier alpha value is -3.10. The fraction of sp³-hybridized carbons (Fsp3) is 0.318. The summed E-state index contributed by atoms with van der Waals surface area (Å²) in [5.74, 6) is 0.316. The fourth-order valence-corrected chi connectivity index (χ4v) is 3.98. The van der Waals surface area contributed by atoms with Crippen LogP contribution in [0.5, 0.6) is 11.5 Å². The van der Waals surface area contributed by atoms with Crippen LogP contribution in [-0.4, -0.2) is 37.7 Å². The summed E-state index contributed by atoms with van der Waals surface area (Å²) < 4.78 is 5.08. The number of benzene rings is 2. The normalized spacial score (nSPS) is 16.1. The Morgan fingerprint density at radius 2 is 2.00 bits per heavy atom. The molecule has 1 saturated heterocycles. The number of carbonyl (C=O) groups is 1. The monoisotopic (exact) mass is 442 g/mol. The number of hydrogen-bond acceptors (Lipinski definition) is 7. The molecule has 2 aromatic carbocycles. The van der Waals surface area contributed by atoms with Gasteiger partial charge in [0.25, 0.3) is 5.91 Å². The highest BCUT2D eigenvalue weighted by Gasteiger charge is 2.32. The summed E-state index contributed by atoms with van der Waals surface area (Å²) in [6.07, 6.45) is 1.71. The van der Waals surface area contributed by atoms with Crippen LogP contribution in [0.15, 0.2) is 40.9 Å². The Balaban J connectivity index is 1.42. The maximum atomic E-state index is 13.1. The number of rotatable bonds is 6. The number of phenols is 2. The molecule has 1 aliphatic heterocycles. The lowest BCUT2D eigenvalue weighted by Gasteiger charge is -2.26. The van der Waals surface area contributed by atoms with Crippen molar-refractivity contribution in [3.63, 3.8) is 0 Å². The molecule has 4 rings (SSSR count). The van der Waals surface area contributed by atoms with Gasteiger partial charge in [-0.2, -0.15) is 4.98 Å². The SMILES string of the molecule is Cc1noc(CNCc2ccc(C3CCCN3C(=O)c3cc(Cl)c(O)cc3O)cc2)n1. The molecular weight excluding hydrogens is 420 g/mol. The molecule has 0 saturated carbocycles. The molecular formula is C22H23ClN4O4. The van der Waals surface area contributed by atoms with Crippen molar-refractivity contribution in [3.8, 4) is 11.5 Å². The molecule has 162 valence electrons. The van der Waals surface area contributed by atoms with Crippen molar-refractivity contribution in [2.45, 2.75) is 38.9 Å². The van der Waals surface area contributed by atoms with Gasteiger partial charge in [0.05, 0.1) is 23.2 Å². The molecule has 31 heavy (non-hydrogen) atoms. The minimum absolute atomic E-state index is 0.0319. The number of amides is 1. The van der Waals surface area contributed by atoms with Gasteiger partial charge in [0, 0.05) is 19.2 Å². The summed E-state index contributed by atoms with van der Waals surface area (Å²) >= 11 is 5.94. The van der Waals surface area contributed by atoms with Crippen molar-refractivity contribution >= 4 is 17.5 Å². The first-order chi connectivity index (χ1) is 14.9. The summed E-state index contributed by atoms with van der Waals surface area (Å²) in [7, 11) is 0. The number of likely N-dealkylation sites (tertiary alicyclic amines) is 1. The standard InChI is InChI=1S/C22H23ClN4O4/c1-13-25-21(31-26-13)12-24-11-14-4-6-15(7-5-14)18-3-2-8-27(18)22(30)16-9-17(23)20(29)10-19(16)28/h4-7,9-10,18,24,28-29H,2-3,8,11-12H2,1H3. The molecule has 1 amide bonds. The fourth-order valence-electron chi connectivity index (χ4n) is 3.82. The third-order valence-electron chi connectivity index (χ3n) is 5.35. The third-order valence-corrected chi connectivity index (χ3v) is 5.65. The molecule has 8 nitrogen and oxygen atoms in total. The van der Waals surface area contributed by atoms with Gasteiger partial charge in [-0.3, -0.25) is 4.79 Å². The molecule has 1 aromatic heterocycles. The van der Waals surface area contributed by atoms with Crippen LogP contribution >= 0.6 is 11.6 Å². The highest BCUT2D eigenvalue weighted by atomic mass is 35.5. The van der Waals surface area contributed by atoms with Gasteiger partial charge in [-0.15, -0.1) is 0 Å². The van der Waals surface area contributed by atoms with Gasteiger partial charge in [-0.25, -0.2) is 0 Å². The second kappa shape index (κ2) is 8.95. The zero-order chi connectivity index (χ0) is 22.0. The van der Waals surface area contributed by atoms with Crippen LogP contribution in [0, 0.1) is 6.92 Å². The lowest BCUT2D eigenvalue weighted by atomic mass is 10.0. The number of carbonyl (C=O) groups excluding carboxylic acids is 1. The molecule has 0 aliphatic carbocycles. The van der Waals surface area contributed by atoms with Gasteiger partial charge in [0.2, 0.25) is 5.89 Å². The predicted octanol–water partition coefficient (Wildman–Crippen LogP) is 3.71. The Morgan fingerprint density at radius 1 is 1.23 bits per heavy atom. The smallest absolute Gasteiger partial charge is 0.258 e. The highest BCUT2D eigenvalue weighted by molar-refractivity contribution is 6.32. The van der Waals surface area contributed by atoms with Gasteiger partial charge in [0.15, 0.2) is 5.82 Å². The number of aromatic nitrogens is 2. The number of aromatic hydroxyl groups is 2. The van der Waals surface area contributed by atoms with Crippen molar-refractivity contribution in [2.24, 2.45) is 0 Å². The summed E-state index contributed by atoms with van der Waals surface area (Å²) in [6.45, 7) is 3.51. The number of hydrogen-bond donors (Lipinski definition) is 3. The largest absolute Gasteiger partial charge is 0.507 e. The minimum Gasteiger partial charge on any atom is -0.507 e. The van der Waals surface area contributed by atoms with Crippen LogP contribution in [0.3, 0.4) is 0 Å². The molecule has 2 heterocycles. The van der Waals surface area contributed by atoms with Gasteiger partial charge in [0.1, 0.15) is 11.5 Å². The van der Waals surface area contributed by atoms with Crippen molar-refractivity contribution in [3.05, 3.63) is 69.8 Å². The van der Waals surface area contributed by atoms with E-state index in [9.17, 15) is 15.0 Å². The topological polar surface area (TPSA) is 112 Å². The van der Waals surface area contributed by atoms with Gasteiger partial charge in [-0.05, 0) is 37.0 Å².